The molecule has 2 aromatic rings. The quantitative estimate of drug-likeness (QED) is 0.172. The minimum absolute atomic E-state index is 0.356. The van der Waals surface area contributed by atoms with E-state index in [0.29, 0.717) is 38.8 Å². The van der Waals surface area contributed by atoms with Crippen molar-refractivity contribution < 1.29 is 29.4 Å². The lowest BCUT2D eigenvalue weighted by atomic mass is 10.1. The van der Waals surface area contributed by atoms with Crippen LogP contribution in [0.25, 0.3) is 0 Å². The van der Waals surface area contributed by atoms with Gasteiger partial charge in [-0.2, -0.15) is 0 Å². The van der Waals surface area contributed by atoms with Crippen LogP contribution in [0.2, 0.25) is 0 Å². The molecule has 0 saturated carbocycles. The molecule has 0 fully saturated rings. The predicted octanol–water partition coefficient (Wildman–Crippen LogP) is 2.31. The Kier molecular flexibility index (Phi) is 12.4. The lowest BCUT2D eigenvalue weighted by Crippen LogP contribution is -2.47. The third-order valence-corrected chi connectivity index (χ3v) is 5.23. The summed E-state index contributed by atoms with van der Waals surface area (Å²) >= 11 is 0. The van der Waals surface area contributed by atoms with Gasteiger partial charge >= 0.3 is 12.2 Å². The zero-order valence-corrected chi connectivity index (χ0v) is 19.9. The first-order chi connectivity index (χ1) is 17.3. The van der Waals surface area contributed by atoms with Crippen LogP contribution < -0.4 is 21.3 Å². The maximum Gasteiger partial charge on any atom is 0.411 e. The monoisotopic (exact) mass is 496 g/mol. The lowest BCUT2D eigenvalue weighted by molar-refractivity contribution is -0.123. The van der Waals surface area contributed by atoms with E-state index >= 15 is 0 Å². The van der Waals surface area contributed by atoms with E-state index in [1.807, 2.05) is 83.4 Å². The molecule has 0 radical (unpaired) electrons. The second-order valence-corrected chi connectivity index (χ2v) is 8.03. The summed E-state index contributed by atoms with van der Waals surface area (Å²) in [6.45, 7) is 0.929. The number of amides is 4. The number of carbonyl (C=O) groups is 4. The van der Waals surface area contributed by atoms with Crippen molar-refractivity contribution in [2.24, 2.45) is 0 Å². The summed E-state index contributed by atoms with van der Waals surface area (Å²) in [6.07, 6.45) is 2.99. The summed E-state index contributed by atoms with van der Waals surface area (Å²) in [5, 5.41) is 27.7. The van der Waals surface area contributed by atoms with Crippen LogP contribution in [0.5, 0.6) is 0 Å². The van der Waals surface area contributed by atoms with Gasteiger partial charge in [-0.25, -0.2) is 9.59 Å². The molecular weight excluding hydrogens is 464 g/mol. The zero-order chi connectivity index (χ0) is 26.2. The summed E-state index contributed by atoms with van der Waals surface area (Å²) in [5.74, 6) is -1.22. The lowest BCUT2D eigenvalue weighted by Gasteiger charge is -2.17. The molecule has 0 saturated heterocycles. The van der Waals surface area contributed by atoms with Crippen molar-refractivity contribution in [2.45, 2.75) is 37.8 Å². The molecule has 36 heavy (non-hydrogen) atoms. The van der Waals surface area contributed by atoms with Gasteiger partial charge in [-0.1, -0.05) is 72.8 Å². The maximum atomic E-state index is 12.2. The molecule has 6 N–H and O–H groups in total. The predicted molar refractivity (Wildman–Crippen MR) is 135 cm³/mol. The minimum atomic E-state index is -1.39. The molecular formula is C26H32N4O6. The fraction of sp³-hybridized carbons (Fsp3) is 0.308. The first-order valence-electron chi connectivity index (χ1n) is 11.6. The smallest absolute Gasteiger partial charge is 0.411 e. The topological polar surface area (TPSA) is 157 Å². The van der Waals surface area contributed by atoms with Crippen molar-refractivity contribution in [3.63, 3.8) is 0 Å². The van der Waals surface area contributed by atoms with Crippen molar-refractivity contribution in [1.29, 1.82) is 0 Å². The van der Waals surface area contributed by atoms with Crippen molar-refractivity contribution in [2.75, 3.05) is 13.1 Å². The average Bonchev–Trinajstić information content (AvgIpc) is 2.84. The number of hydrogen-bond acceptors (Lipinski definition) is 6. The third kappa shape index (κ3) is 11.4. The van der Waals surface area contributed by atoms with Gasteiger partial charge in [0.25, 0.3) is 0 Å². The molecule has 2 aromatic carbocycles. The number of nitrogens with one attached hydrogen (secondary N) is 4. The van der Waals surface area contributed by atoms with Crippen LogP contribution in [0, 0.1) is 0 Å². The third-order valence-electron chi connectivity index (χ3n) is 5.23. The van der Waals surface area contributed by atoms with Crippen LogP contribution >= 0.6 is 0 Å². The van der Waals surface area contributed by atoms with E-state index in [1.54, 1.807) is 0 Å². The van der Waals surface area contributed by atoms with Gasteiger partial charge < -0.3 is 20.8 Å². The molecule has 192 valence electrons. The molecule has 0 aliphatic heterocycles. The molecule has 0 heterocycles. The summed E-state index contributed by atoms with van der Waals surface area (Å²) in [5.41, 5.74) is 1.82. The van der Waals surface area contributed by atoms with Crippen LogP contribution in [-0.2, 0) is 22.4 Å². The molecule has 10 heteroatoms. The SMILES string of the molecule is O=C(O)NC(=O)C(Cc1ccccc1)NCCC=CCCN[C@@H](Cc1ccccc1)C(=O)NC(=O)O. The summed E-state index contributed by atoms with van der Waals surface area (Å²) < 4.78 is 0. The Morgan fingerprint density at radius 1 is 0.639 bits per heavy atom. The van der Waals surface area contributed by atoms with E-state index in [2.05, 4.69) is 10.6 Å². The highest BCUT2D eigenvalue weighted by Crippen LogP contribution is 2.05. The fourth-order valence-corrected chi connectivity index (χ4v) is 3.52. The number of imide groups is 2. The van der Waals surface area contributed by atoms with Gasteiger partial charge in [0.15, 0.2) is 0 Å². The number of benzene rings is 2. The Morgan fingerprint density at radius 3 is 1.33 bits per heavy atom. The van der Waals surface area contributed by atoms with E-state index < -0.39 is 36.1 Å². The first-order valence-corrected chi connectivity index (χ1v) is 11.6. The van der Waals surface area contributed by atoms with Crippen molar-refractivity contribution >= 4 is 24.0 Å². The second-order valence-electron chi connectivity index (χ2n) is 8.03. The van der Waals surface area contributed by atoms with Gasteiger partial charge in [0.1, 0.15) is 0 Å². The van der Waals surface area contributed by atoms with Gasteiger partial charge in [0, 0.05) is 0 Å². The fourth-order valence-electron chi connectivity index (χ4n) is 3.52. The summed E-state index contributed by atoms with van der Waals surface area (Å²) in [4.78, 5) is 46.2. The Labute approximate surface area is 209 Å². The van der Waals surface area contributed by atoms with E-state index in [-0.39, 0.29) is 0 Å². The van der Waals surface area contributed by atoms with Gasteiger partial charge in [0.2, 0.25) is 11.8 Å². The van der Waals surface area contributed by atoms with Gasteiger partial charge in [0.05, 0.1) is 12.1 Å². The van der Waals surface area contributed by atoms with E-state index in [0.717, 1.165) is 11.1 Å². The Balaban J connectivity index is 1.78. The van der Waals surface area contributed by atoms with Crippen LogP contribution in [0.1, 0.15) is 24.0 Å². The van der Waals surface area contributed by atoms with Crippen LogP contribution in [0.3, 0.4) is 0 Å². The highest BCUT2D eigenvalue weighted by molar-refractivity contribution is 5.94. The van der Waals surface area contributed by atoms with Gasteiger partial charge in [-0.3, -0.25) is 20.2 Å². The number of rotatable bonds is 14. The molecule has 1 unspecified atom stereocenters. The molecule has 10 nitrogen and oxygen atoms in total. The van der Waals surface area contributed by atoms with Crippen molar-refractivity contribution in [3.8, 4) is 0 Å². The second kappa shape index (κ2) is 15.8. The maximum absolute atomic E-state index is 12.2. The number of hydrogen-bond donors (Lipinski definition) is 6. The summed E-state index contributed by atoms with van der Waals surface area (Å²) in [6, 6.07) is 17.3. The van der Waals surface area contributed by atoms with E-state index in [4.69, 9.17) is 10.2 Å². The molecule has 0 aliphatic carbocycles. The summed E-state index contributed by atoms with van der Waals surface area (Å²) in [7, 11) is 0. The normalized spacial score (nSPS) is 12.6. The van der Waals surface area contributed by atoms with Crippen LogP contribution in [0.15, 0.2) is 72.8 Å². The standard InChI is InChI=1S/C26H32N4O6/c31-23(29-25(33)34)21(17-19-11-5-3-6-12-19)27-15-9-1-2-10-16-28-22(24(32)30-26(35)36)18-20-13-7-4-8-14-20/h1-8,11-14,21-22,27-28H,9-10,15-18H2,(H,29,31)(H,30,32)(H,33,34)(H,35,36)/t21-,22?/m0/s1. The Morgan fingerprint density at radius 2 is 1.00 bits per heavy atom. The largest absolute Gasteiger partial charge is 0.465 e. The van der Waals surface area contributed by atoms with E-state index in [9.17, 15) is 19.2 Å². The van der Waals surface area contributed by atoms with E-state index in [1.165, 1.54) is 0 Å². The Hall–Kier alpha value is -4.02. The minimum Gasteiger partial charge on any atom is -0.465 e. The molecule has 4 amide bonds. The van der Waals surface area contributed by atoms with Crippen LogP contribution in [-0.4, -0.2) is 59.4 Å². The van der Waals surface area contributed by atoms with Crippen molar-refractivity contribution in [1.82, 2.24) is 21.3 Å². The van der Waals surface area contributed by atoms with Crippen LogP contribution in [0.4, 0.5) is 9.59 Å². The molecule has 0 spiro atoms. The Bertz CT molecular complexity index is 932. The average molecular weight is 497 g/mol. The number of carboxylic acid groups (broad SMARTS) is 2. The van der Waals surface area contributed by atoms with Crippen molar-refractivity contribution in [3.05, 3.63) is 83.9 Å². The molecule has 0 bridgehead atoms. The van der Waals surface area contributed by atoms with Gasteiger partial charge in [-0.15, -0.1) is 0 Å². The molecule has 2 rings (SSSR count). The molecule has 2 atom stereocenters. The van der Waals surface area contributed by atoms with Gasteiger partial charge in [-0.05, 0) is 49.9 Å². The number of carbonyl (C=O) groups excluding carboxylic acids is 2. The highest BCUT2D eigenvalue weighted by Gasteiger charge is 2.21. The first kappa shape index (κ1) is 28.2. The highest BCUT2D eigenvalue weighted by atomic mass is 16.4. The molecule has 0 aliphatic rings. The molecule has 0 aromatic heterocycles. The zero-order valence-electron chi connectivity index (χ0n) is 19.9.